The summed E-state index contributed by atoms with van der Waals surface area (Å²) in [6.45, 7) is 0.0536. The van der Waals surface area contributed by atoms with Crippen molar-refractivity contribution in [3.63, 3.8) is 0 Å². The van der Waals surface area contributed by atoms with Gasteiger partial charge in [-0.15, -0.1) is 0 Å². The molecule has 0 aliphatic carbocycles. The lowest BCUT2D eigenvalue weighted by Gasteiger charge is -2.05. The van der Waals surface area contributed by atoms with Gasteiger partial charge in [0.15, 0.2) is 0 Å². The predicted molar refractivity (Wildman–Crippen MR) is 105 cm³/mol. The van der Waals surface area contributed by atoms with Crippen LogP contribution in [0.1, 0.15) is 5.56 Å². The van der Waals surface area contributed by atoms with Gasteiger partial charge in [0.25, 0.3) is 21.5 Å². The second kappa shape index (κ2) is 10.1. The first-order valence-electron chi connectivity index (χ1n) is 8.17. The molecule has 0 spiro atoms. The van der Waals surface area contributed by atoms with E-state index in [1.807, 2.05) is 30.3 Å². The van der Waals surface area contributed by atoms with E-state index in [9.17, 15) is 28.6 Å². The fourth-order valence-electron chi connectivity index (χ4n) is 2.10. The van der Waals surface area contributed by atoms with Gasteiger partial charge in [0.1, 0.15) is 0 Å². The van der Waals surface area contributed by atoms with Crippen LogP contribution in [0.5, 0.6) is 0 Å². The van der Waals surface area contributed by atoms with E-state index in [1.165, 1.54) is 30.3 Å². The van der Waals surface area contributed by atoms with Crippen LogP contribution in [-0.2, 0) is 20.9 Å². The fourth-order valence-corrected chi connectivity index (χ4v) is 3.01. The third-order valence-electron chi connectivity index (χ3n) is 3.51. The first-order valence-corrected chi connectivity index (χ1v) is 9.57. The topological polar surface area (TPSA) is 130 Å². The van der Waals surface area contributed by atoms with E-state index in [0.717, 1.165) is 11.6 Å². The molecule has 0 saturated heterocycles. The maximum Gasteiger partial charge on any atom is 0.297 e. The maximum absolute atomic E-state index is 11.8. The van der Waals surface area contributed by atoms with Crippen molar-refractivity contribution in [3.8, 4) is 0 Å². The zero-order valence-electron chi connectivity index (χ0n) is 15.0. The molecule has 0 aliphatic rings. The Balaban J connectivity index is 0.000000221. The standard InChI is InChI=1S/C13H12O3S.C6H4N2O4/c14-17(15,13-9-5-2-6-10-13)16-11-12-7-3-1-4-8-12;9-7(10)5-2-1-3-6(4-5)8(11)12/h1-10H,11H2;1-4H. The minimum Gasteiger partial charge on any atom is -0.262 e. The molecule has 0 saturated carbocycles. The fraction of sp³-hybridized carbons (Fsp3) is 0.0526. The summed E-state index contributed by atoms with van der Waals surface area (Å²) >= 11 is 0. The van der Waals surface area contributed by atoms with Gasteiger partial charge in [-0.25, -0.2) is 0 Å². The third kappa shape index (κ3) is 6.79. The maximum atomic E-state index is 11.8. The highest BCUT2D eigenvalue weighted by Crippen LogP contribution is 2.18. The largest absolute Gasteiger partial charge is 0.297 e. The number of nitro benzene ring substituents is 2. The van der Waals surface area contributed by atoms with Crippen LogP contribution in [0.3, 0.4) is 0 Å². The molecule has 0 amide bonds. The van der Waals surface area contributed by atoms with Crippen molar-refractivity contribution in [2.24, 2.45) is 0 Å². The van der Waals surface area contributed by atoms with Crippen LogP contribution in [0, 0.1) is 20.2 Å². The zero-order chi connectivity index (χ0) is 21.3. The van der Waals surface area contributed by atoms with Crippen LogP contribution >= 0.6 is 0 Å². The van der Waals surface area contributed by atoms with Crippen molar-refractivity contribution >= 4 is 21.5 Å². The van der Waals surface area contributed by atoms with Crippen molar-refractivity contribution in [3.05, 3.63) is 111 Å². The summed E-state index contributed by atoms with van der Waals surface area (Å²) in [6, 6.07) is 21.9. The number of hydrogen-bond acceptors (Lipinski definition) is 7. The molecule has 3 aromatic carbocycles. The summed E-state index contributed by atoms with van der Waals surface area (Å²) in [5.41, 5.74) is 0.278. The van der Waals surface area contributed by atoms with Crippen LogP contribution in [0.2, 0.25) is 0 Å². The Bertz CT molecular complexity index is 1040. The Hall–Kier alpha value is -3.63. The molecule has 0 aromatic heterocycles. The van der Waals surface area contributed by atoms with E-state index >= 15 is 0 Å². The molecule has 3 rings (SSSR count). The summed E-state index contributed by atoms with van der Waals surface area (Å²) in [5, 5.41) is 20.3. The van der Waals surface area contributed by atoms with Crippen molar-refractivity contribution < 1.29 is 22.4 Å². The Morgan fingerprint density at radius 2 is 1.21 bits per heavy atom. The molecule has 29 heavy (non-hydrogen) atoms. The summed E-state index contributed by atoms with van der Waals surface area (Å²) in [6.07, 6.45) is 0. The summed E-state index contributed by atoms with van der Waals surface area (Å²) in [5.74, 6) is 0. The second-order valence-corrected chi connectivity index (χ2v) is 7.16. The van der Waals surface area contributed by atoms with Crippen molar-refractivity contribution in [1.82, 2.24) is 0 Å². The summed E-state index contributed by atoms with van der Waals surface area (Å²) < 4.78 is 28.5. The molecule has 0 atom stereocenters. The van der Waals surface area contributed by atoms with Gasteiger partial charge in [0.05, 0.1) is 27.4 Å². The lowest BCUT2D eigenvalue weighted by atomic mass is 10.2. The molecule has 0 fully saturated rings. The molecule has 0 aliphatic heterocycles. The van der Waals surface area contributed by atoms with Crippen molar-refractivity contribution in [1.29, 1.82) is 0 Å². The third-order valence-corrected chi connectivity index (χ3v) is 4.78. The molecule has 0 bridgehead atoms. The Kier molecular flexibility index (Phi) is 7.52. The molecule has 0 radical (unpaired) electrons. The molecule has 3 aromatic rings. The van der Waals surface area contributed by atoms with Gasteiger partial charge in [-0.05, 0) is 23.8 Å². The van der Waals surface area contributed by atoms with E-state index < -0.39 is 20.0 Å². The Morgan fingerprint density at radius 1 is 0.724 bits per heavy atom. The van der Waals surface area contributed by atoms with Gasteiger partial charge in [-0.1, -0.05) is 48.5 Å². The number of rotatable bonds is 6. The smallest absolute Gasteiger partial charge is 0.262 e. The number of nitro groups is 2. The molecule has 10 heteroatoms. The number of benzene rings is 3. The SMILES string of the molecule is O=S(=O)(OCc1ccccc1)c1ccccc1.O=[N+]([O-])c1cccc([N+](=O)[O-])c1. The lowest BCUT2D eigenvalue weighted by Crippen LogP contribution is -2.06. The highest BCUT2D eigenvalue weighted by molar-refractivity contribution is 7.86. The van der Waals surface area contributed by atoms with Gasteiger partial charge in [-0.2, -0.15) is 8.42 Å². The highest BCUT2D eigenvalue weighted by atomic mass is 32.2. The van der Waals surface area contributed by atoms with Crippen LogP contribution < -0.4 is 0 Å². The summed E-state index contributed by atoms with van der Waals surface area (Å²) in [4.78, 5) is 19.1. The van der Waals surface area contributed by atoms with Gasteiger partial charge in [-0.3, -0.25) is 24.4 Å². The normalized spacial score (nSPS) is 10.5. The molecular weight excluding hydrogens is 400 g/mol. The first-order chi connectivity index (χ1) is 13.8. The first kappa shape index (κ1) is 21.7. The van der Waals surface area contributed by atoms with Crippen LogP contribution in [0.25, 0.3) is 0 Å². The minimum atomic E-state index is -3.66. The van der Waals surface area contributed by atoms with Crippen LogP contribution in [0.4, 0.5) is 11.4 Å². The monoisotopic (exact) mass is 416 g/mol. The van der Waals surface area contributed by atoms with Gasteiger partial charge < -0.3 is 0 Å². The lowest BCUT2D eigenvalue weighted by molar-refractivity contribution is -0.394. The summed E-state index contributed by atoms with van der Waals surface area (Å²) in [7, 11) is -3.66. The number of hydrogen-bond donors (Lipinski definition) is 0. The number of non-ortho nitro benzene ring substituents is 2. The Labute approximate surface area is 166 Å². The molecule has 0 heterocycles. The van der Waals surface area contributed by atoms with Crippen molar-refractivity contribution in [2.75, 3.05) is 0 Å². The van der Waals surface area contributed by atoms with E-state index in [4.69, 9.17) is 4.18 Å². The zero-order valence-corrected chi connectivity index (χ0v) is 15.8. The van der Waals surface area contributed by atoms with Gasteiger partial charge in [0, 0.05) is 12.1 Å². The molecule has 0 unspecified atom stereocenters. The average Bonchev–Trinajstić information content (AvgIpc) is 2.74. The van der Waals surface area contributed by atoms with Gasteiger partial charge >= 0.3 is 0 Å². The van der Waals surface area contributed by atoms with E-state index in [0.29, 0.717) is 0 Å². The highest BCUT2D eigenvalue weighted by Gasteiger charge is 2.14. The molecule has 150 valence electrons. The molecular formula is C19H16N2O7S. The quantitative estimate of drug-likeness (QED) is 0.336. The van der Waals surface area contributed by atoms with E-state index in [-0.39, 0.29) is 22.9 Å². The van der Waals surface area contributed by atoms with Crippen LogP contribution in [0.15, 0.2) is 89.8 Å². The molecule has 9 nitrogen and oxygen atoms in total. The number of nitrogens with zero attached hydrogens (tertiary/aromatic N) is 2. The van der Waals surface area contributed by atoms with Crippen molar-refractivity contribution in [2.45, 2.75) is 11.5 Å². The van der Waals surface area contributed by atoms with E-state index in [2.05, 4.69) is 0 Å². The predicted octanol–water partition coefficient (Wildman–Crippen LogP) is 4.10. The van der Waals surface area contributed by atoms with Gasteiger partial charge in [0.2, 0.25) is 0 Å². The second-order valence-electron chi connectivity index (χ2n) is 5.55. The Morgan fingerprint density at radius 3 is 1.69 bits per heavy atom. The average molecular weight is 416 g/mol. The van der Waals surface area contributed by atoms with Crippen LogP contribution in [-0.4, -0.2) is 18.3 Å². The van der Waals surface area contributed by atoms with E-state index in [1.54, 1.807) is 18.2 Å². The molecule has 0 N–H and O–H groups in total. The minimum absolute atomic E-state index is 0.0536.